The average Bonchev–Trinajstić information content (AvgIpc) is 2.40. The van der Waals surface area contributed by atoms with Crippen LogP contribution in [-0.4, -0.2) is 28.5 Å². The highest BCUT2D eigenvalue weighted by molar-refractivity contribution is 14.1. The molecule has 5 nitrogen and oxygen atoms in total. The van der Waals surface area contributed by atoms with Gasteiger partial charge in [-0.15, -0.1) is 0 Å². The Labute approximate surface area is 118 Å². The summed E-state index contributed by atoms with van der Waals surface area (Å²) in [7, 11) is 1.94. The lowest BCUT2D eigenvalue weighted by Gasteiger charge is -2.18. The number of aromatic nitrogens is 3. The van der Waals surface area contributed by atoms with Gasteiger partial charge in [0.1, 0.15) is 9.39 Å². The van der Waals surface area contributed by atoms with Crippen molar-refractivity contribution >= 4 is 28.4 Å². The van der Waals surface area contributed by atoms with Crippen molar-refractivity contribution in [2.75, 3.05) is 18.5 Å². The first kappa shape index (κ1) is 13.0. The van der Waals surface area contributed by atoms with Crippen LogP contribution in [-0.2, 0) is 6.42 Å². The lowest BCUT2D eigenvalue weighted by Crippen LogP contribution is -2.25. The molecule has 0 fully saturated rings. The molecule has 0 atom stereocenters. The maximum absolute atomic E-state index is 11.5. The molecule has 0 aromatic carbocycles. The molecule has 0 aliphatic rings. The van der Waals surface area contributed by atoms with Crippen molar-refractivity contribution in [3.63, 3.8) is 0 Å². The summed E-state index contributed by atoms with van der Waals surface area (Å²) < 4.78 is 0.618. The fourth-order valence-corrected chi connectivity index (χ4v) is 2.30. The first-order chi connectivity index (χ1) is 8.68. The van der Waals surface area contributed by atoms with Gasteiger partial charge in [0.25, 0.3) is 5.56 Å². The highest BCUT2D eigenvalue weighted by Gasteiger charge is 2.09. The Morgan fingerprint density at radius 2 is 2.11 bits per heavy atom. The van der Waals surface area contributed by atoms with E-state index in [1.807, 2.05) is 46.7 Å². The summed E-state index contributed by atoms with van der Waals surface area (Å²) in [6, 6.07) is 3.98. The van der Waals surface area contributed by atoms with Crippen molar-refractivity contribution < 1.29 is 0 Å². The van der Waals surface area contributed by atoms with Gasteiger partial charge >= 0.3 is 0 Å². The summed E-state index contributed by atoms with van der Waals surface area (Å²) in [5.74, 6) is 0.716. The number of nitrogens with zero attached hydrogens (tertiary/aromatic N) is 3. The smallest absolute Gasteiger partial charge is 0.266 e. The largest absolute Gasteiger partial charge is 0.358 e. The van der Waals surface area contributed by atoms with Crippen LogP contribution in [0.15, 0.2) is 35.6 Å². The van der Waals surface area contributed by atoms with Gasteiger partial charge in [0.05, 0.1) is 6.33 Å². The summed E-state index contributed by atoms with van der Waals surface area (Å²) in [4.78, 5) is 24.2. The van der Waals surface area contributed by atoms with Crippen molar-refractivity contribution in [3.8, 4) is 0 Å². The van der Waals surface area contributed by atoms with Gasteiger partial charge in [0, 0.05) is 26.0 Å². The number of hydrogen-bond acceptors (Lipinski definition) is 4. The number of pyridine rings is 1. The summed E-state index contributed by atoms with van der Waals surface area (Å²) in [6.45, 7) is 0.802. The van der Waals surface area contributed by atoms with Gasteiger partial charge in [-0.2, -0.15) is 0 Å². The molecule has 0 unspecified atom stereocenters. The third kappa shape index (κ3) is 3.06. The Kier molecular flexibility index (Phi) is 4.29. The number of rotatable bonds is 4. The van der Waals surface area contributed by atoms with Gasteiger partial charge in [0.15, 0.2) is 0 Å². The number of halogens is 1. The Hall–Kier alpha value is -1.44. The first-order valence-corrected chi connectivity index (χ1v) is 6.59. The van der Waals surface area contributed by atoms with Gasteiger partial charge in [-0.25, -0.2) is 4.98 Å². The Balaban J connectivity index is 2.06. The molecule has 0 saturated heterocycles. The number of aromatic amines is 1. The Morgan fingerprint density at radius 3 is 2.83 bits per heavy atom. The van der Waals surface area contributed by atoms with E-state index in [4.69, 9.17) is 0 Å². The molecular formula is C12H13IN4O. The topological polar surface area (TPSA) is 61.9 Å². The van der Waals surface area contributed by atoms with Crippen LogP contribution in [0.2, 0.25) is 0 Å². The van der Waals surface area contributed by atoms with E-state index in [1.165, 1.54) is 11.9 Å². The number of H-pyrrole nitrogens is 1. The van der Waals surface area contributed by atoms with E-state index >= 15 is 0 Å². The highest BCUT2D eigenvalue weighted by atomic mass is 127. The van der Waals surface area contributed by atoms with E-state index in [0.29, 0.717) is 9.39 Å². The van der Waals surface area contributed by atoms with E-state index in [0.717, 1.165) is 13.0 Å². The minimum atomic E-state index is -0.101. The van der Waals surface area contributed by atoms with Crippen LogP contribution in [0.3, 0.4) is 0 Å². The van der Waals surface area contributed by atoms with E-state index in [-0.39, 0.29) is 5.56 Å². The molecule has 0 saturated carbocycles. The summed E-state index contributed by atoms with van der Waals surface area (Å²) in [6.07, 6.45) is 5.89. The first-order valence-electron chi connectivity index (χ1n) is 5.51. The fourth-order valence-electron chi connectivity index (χ4n) is 1.59. The van der Waals surface area contributed by atoms with Gasteiger partial charge in [-0.1, -0.05) is 0 Å². The van der Waals surface area contributed by atoms with Crippen molar-refractivity contribution in [1.82, 2.24) is 15.0 Å². The molecule has 0 amide bonds. The molecule has 1 N–H and O–H groups in total. The molecule has 94 valence electrons. The summed E-state index contributed by atoms with van der Waals surface area (Å²) in [5.41, 5.74) is 1.12. The van der Waals surface area contributed by atoms with Crippen molar-refractivity contribution in [3.05, 3.63) is 50.3 Å². The molecule has 2 rings (SSSR count). The third-order valence-electron chi connectivity index (χ3n) is 2.62. The van der Waals surface area contributed by atoms with Gasteiger partial charge < -0.3 is 9.88 Å². The minimum absolute atomic E-state index is 0.101. The lowest BCUT2D eigenvalue weighted by atomic mass is 10.2. The highest BCUT2D eigenvalue weighted by Crippen LogP contribution is 2.14. The van der Waals surface area contributed by atoms with E-state index in [2.05, 4.69) is 15.0 Å². The second-order valence-electron chi connectivity index (χ2n) is 3.90. The zero-order valence-electron chi connectivity index (χ0n) is 9.93. The normalized spacial score (nSPS) is 10.3. The minimum Gasteiger partial charge on any atom is -0.358 e. The summed E-state index contributed by atoms with van der Waals surface area (Å²) in [5, 5.41) is 0. The Bertz CT molecular complexity index is 570. The monoisotopic (exact) mass is 356 g/mol. The molecule has 0 aliphatic heterocycles. The molecule has 2 aromatic heterocycles. The SMILES string of the molecule is CN(CCc1ccncc1)c1nc[nH]c(=O)c1I. The summed E-state index contributed by atoms with van der Waals surface area (Å²) >= 11 is 2.02. The predicted octanol–water partition coefficient (Wildman–Crippen LogP) is 1.45. The second-order valence-corrected chi connectivity index (χ2v) is 4.98. The molecule has 0 radical (unpaired) electrons. The molecule has 0 spiro atoms. The standard InChI is InChI=1S/C12H13IN4O/c1-17(7-4-9-2-5-14-6-3-9)11-10(13)12(18)16-8-15-11/h2-3,5-6,8H,4,7H2,1H3,(H,15,16,18). The maximum atomic E-state index is 11.5. The van der Waals surface area contributed by atoms with Crippen LogP contribution in [0.5, 0.6) is 0 Å². The van der Waals surface area contributed by atoms with Crippen molar-refractivity contribution in [1.29, 1.82) is 0 Å². The van der Waals surface area contributed by atoms with Crippen LogP contribution < -0.4 is 10.5 Å². The molecule has 0 aliphatic carbocycles. The van der Waals surface area contributed by atoms with E-state index in [9.17, 15) is 4.79 Å². The second kappa shape index (κ2) is 5.94. The maximum Gasteiger partial charge on any atom is 0.266 e. The molecule has 2 aromatic rings. The molecular weight excluding hydrogens is 343 g/mol. The van der Waals surface area contributed by atoms with E-state index in [1.54, 1.807) is 12.4 Å². The number of nitrogens with one attached hydrogen (secondary N) is 1. The van der Waals surface area contributed by atoms with Crippen LogP contribution >= 0.6 is 22.6 Å². The number of hydrogen-bond donors (Lipinski definition) is 1. The zero-order valence-corrected chi connectivity index (χ0v) is 12.1. The number of anilines is 1. The zero-order chi connectivity index (χ0) is 13.0. The number of likely N-dealkylation sites (N-methyl/N-ethyl adjacent to an activating group) is 1. The van der Waals surface area contributed by atoms with Crippen molar-refractivity contribution in [2.45, 2.75) is 6.42 Å². The van der Waals surface area contributed by atoms with E-state index < -0.39 is 0 Å². The van der Waals surface area contributed by atoms with Crippen LogP contribution in [0.25, 0.3) is 0 Å². The van der Waals surface area contributed by atoms with Crippen LogP contribution in [0, 0.1) is 3.57 Å². The fraction of sp³-hybridized carbons (Fsp3) is 0.250. The molecule has 0 bridgehead atoms. The van der Waals surface area contributed by atoms with Crippen LogP contribution in [0.1, 0.15) is 5.56 Å². The lowest BCUT2D eigenvalue weighted by molar-refractivity contribution is 0.847. The van der Waals surface area contributed by atoms with Gasteiger partial charge in [0.2, 0.25) is 0 Å². The molecule has 6 heteroatoms. The predicted molar refractivity (Wildman–Crippen MR) is 78.8 cm³/mol. The molecule has 18 heavy (non-hydrogen) atoms. The Morgan fingerprint density at radius 1 is 1.39 bits per heavy atom. The molecule has 2 heterocycles. The average molecular weight is 356 g/mol. The quantitative estimate of drug-likeness (QED) is 0.843. The third-order valence-corrected chi connectivity index (χ3v) is 3.60. The van der Waals surface area contributed by atoms with Crippen molar-refractivity contribution in [2.24, 2.45) is 0 Å². The van der Waals surface area contributed by atoms with Crippen LogP contribution in [0.4, 0.5) is 5.82 Å². The van der Waals surface area contributed by atoms with Gasteiger partial charge in [-0.3, -0.25) is 9.78 Å². The van der Waals surface area contributed by atoms with Gasteiger partial charge in [-0.05, 0) is 46.7 Å².